The van der Waals surface area contributed by atoms with Crippen LogP contribution in [-0.4, -0.2) is 33.9 Å². The molecule has 0 radical (unpaired) electrons. The van der Waals surface area contributed by atoms with Crippen molar-refractivity contribution in [3.8, 4) is 17.2 Å². The first-order valence-corrected chi connectivity index (χ1v) is 13.5. The predicted molar refractivity (Wildman–Crippen MR) is 156 cm³/mol. The van der Waals surface area contributed by atoms with Gasteiger partial charge in [-0.1, -0.05) is 48.5 Å². The zero-order valence-corrected chi connectivity index (χ0v) is 22.6. The summed E-state index contributed by atoms with van der Waals surface area (Å²) in [5, 5.41) is 19.1. The average Bonchev–Trinajstić information content (AvgIpc) is 3.59. The van der Waals surface area contributed by atoms with Crippen LogP contribution in [0.3, 0.4) is 0 Å². The van der Waals surface area contributed by atoms with Crippen LogP contribution in [-0.2, 0) is 17.9 Å². The standard InChI is InChI=1S/C31H27N3O5S/c1-2-37-28-17-23(13-14-27(28)35)18-29-30(36)34(20-26-12-7-15-38-26)31(40-29)33-32-19-24-10-6-11-25(16-24)39-21-22-8-4-3-5-9-22/h3-19,35H,2,20-21H2,1H3/b29-18-,32-19+,33-31-. The Labute approximate surface area is 236 Å². The van der Waals surface area contributed by atoms with E-state index in [-0.39, 0.29) is 18.2 Å². The van der Waals surface area contributed by atoms with Crippen molar-refractivity contribution in [2.45, 2.75) is 20.1 Å². The van der Waals surface area contributed by atoms with Gasteiger partial charge in [-0.2, -0.15) is 5.10 Å². The number of thioether (sulfide) groups is 1. The minimum absolute atomic E-state index is 0.0416. The van der Waals surface area contributed by atoms with Gasteiger partial charge in [0.1, 0.15) is 18.1 Å². The van der Waals surface area contributed by atoms with Crippen LogP contribution in [0, 0.1) is 0 Å². The number of amidine groups is 1. The number of benzene rings is 3. The summed E-state index contributed by atoms with van der Waals surface area (Å²) in [4.78, 5) is 15.3. The number of amides is 1. The number of hydrogen-bond donors (Lipinski definition) is 1. The van der Waals surface area contributed by atoms with E-state index in [2.05, 4.69) is 10.2 Å². The summed E-state index contributed by atoms with van der Waals surface area (Å²) < 4.78 is 16.9. The third-order valence-corrected chi connectivity index (χ3v) is 6.82. The number of furan rings is 1. The van der Waals surface area contributed by atoms with Crippen molar-refractivity contribution in [2.24, 2.45) is 10.2 Å². The van der Waals surface area contributed by atoms with Crippen molar-refractivity contribution in [3.05, 3.63) is 119 Å². The smallest absolute Gasteiger partial charge is 0.267 e. The fourth-order valence-electron chi connectivity index (χ4n) is 3.89. The number of nitrogens with zero attached hydrogens (tertiary/aromatic N) is 3. The van der Waals surface area contributed by atoms with Crippen molar-refractivity contribution >= 4 is 35.1 Å². The van der Waals surface area contributed by atoms with Crippen LogP contribution in [0.2, 0.25) is 0 Å². The van der Waals surface area contributed by atoms with Crippen molar-refractivity contribution in [3.63, 3.8) is 0 Å². The second-order valence-electron chi connectivity index (χ2n) is 8.72. The monoisotopic (exact) mass is 553 g/mol. The van der Waals surface area contributed by atoms with E-state index in [1.54, 1.807) is 48.9 Å². The number of carbonyl (C=O) groups is 1. The van der Waals surface area contributed by atoms with E-state index in [4.69, 9.17) is 13.9 Å². The Morgan fingerprint density at radius 3 is 2.65 bits per heavy atom. The summed E-state index contributed by atoms with van der Waals surface area (Å²) in [6, 6.07) is 26.0. The highest BCUT2D eigenvalue weighted by Crippen LogP contribution is 2.35. The first-order valence-electron chi connectivity index (χ1n) is 12.7. The molecule has 0 bridgehead atoms. The summed E-state index contributed by atoms with van der Waals surface area (Å²) in [5.74, 6) is 1.51. The van der Waals surface area contributed by atoms with Crippen molar-refractivity contribution < 1.29 is 23.8 Å². The van der Waals surface area contributed by atoms with E-state index >= 15 is 0 Å². The van der Waals surface area contributed by atoms with Gasteiger partial charge < -0.3 is 19.0 Å². The highest BCUT2D eigenvalue weighted by Gasteiger charge is 2.34. The highest BCUT2D eigenvalue weighted by molar-refractivity contribution is 8.18. The summed E-state index contributed by atoms with van der Waals surface area (Å²) in [7, 11) is 0. The fraction of sp³-hybridized carbons (Fsp3) is 0.129. The first kappa shape index (κ1) is 26.8. The lowest BCUT2D eigenvalue weighted by atomic mass is 10.2. The van der Waals surface area contributed by atoms with Crippen LogP contribution in [0.1, 0.15) is 29.4 Å². The van der Waals surface area contributed by atoms with Gasteiger partial charge in [0.15, 0.2) is 16.7 Å². The van der Waals surface area contributed by atoms with E-state index in [1.807, 2.05) is 61.5 Å². The highest BCUT2D eigenvalue weighted by atomic mass is 32.2. The number of phenols is 1. The molecule has 1 saturated heterocycles. The quantitative estimate of drug-likeness (QED) is 0.137. The van der Waals surface area contributed by atoms with Crippen LogP contribution in [0.15, 0.2) is 111 Å². The lowest BCUT2D eigenvalue weighted by Gasteiger charge is -2.12. The van der Waals surface area contributed by atoms with Gasteiger partial charge in [-0.3, -0.25) is 9.69 Å². The number of phenolic OH excluding ortho intramolecular Hbond substituents is 1. The average molecular weight is 554 g/mol. The molecular weight excluding hydrogens is 526 g/mol. The lowest BCUT2D eigenvalue weighted by Crippen LogP contribution is -2.28. The number of hydrogen-bond acceptors (Lipinski definition) is 8. The summed E-state index contributed by atoms with van der Waals surface area (Å²) in [6.07, 6.45) is 4.92. The molecule has 0 unspecified atom stereocenters. The van der Waals surface area contributed by atoms with Gasteiger partial charge in [0.25, 0.3) is 5.91 Å². The molecule has 202 valence electrons. The number of aromatic hydroxyl groups is 1. The fourth-order valence-corrected chi connectivity index (χ4v) is 4.83. The maximum Gasteiger partial charge on any atom is 0.267 e. The van der Waals surface area contributed by atoms with Crippen LogP contribution >= 0.6 is 11.8 Å². The third-order valence-electron chi connectivity index (χ3n) is 5.82. The maximum atomic E-state index is 13.4. The van der Waals surface area contributed by atoms with Crippen LogP contribution in [0.25, 0.3) is 6.08 Å². The van der Waals surface area contributed by atoms with E-state index in [0.717, 1.165) is 16.9 Å². The molecule has 1 amide bonds. The van der Waals surface area contributed by atoms with Gasteiger partial charge in [-0.05, 0) is 77.9 Å². The van der Waals surface area contributed by atoms with Gasteiger partial charge in [0.2, 0.25) is 0 Å². The number of ether oxygens (including phenoxy) is 2. The molecule has 1 aliphatic heterocycles. The molecule has 2 heterocycles. The van der Waals surface area contributed by atoms with E-state index < -0.39 is 0 Å². The molecule has 1 aliphatic rings. The van der Waals surface area contributed by atoms with Gasteiger partial charge >= 0.3 is 0 Å². The molecule has 3 aromatic carbocycles. The molecule has 9 heteroatoms. The first-order chi connectivity index (χ1) is 19.6. The van der Waals surface area contributed by atoms with Crippen molar-refractivity contribution in [2.75, 3.05) is 6.61 Å². The number of rotatable bonds is 10. The topological polar surface area (TPSA) is 96.9 Å². The Hall–Kier alpha value is -4.76. The largest absolute Gasteiger partial charge is 0.504 e. The van der Waals surface area contributed by atoms with Gasteiger partial charge in [-0.15, -0.1) is 5.10 Å². The molecule has 8 nitrogen and oxygen atoms in total. The second kappa shape index (κ2) is 12.9. The lowest BCUT2D eigenvalue weighted by molar-refractivity contribution is -0.122. The molecule has 1 N–H and O–H groups in total. The van der Waals surface area contributed by atoms with E-state index in [9.17, 15) is 9.90 Å². The summed E-state index contributed by atoms with van der Waals surface area (Å²) >= 11 is 1.22. The summed E-state index contributed by atoms with van der Waals surface area (Å²) in [6.45, 7) is 2.93. The molecule has 0 saturated carbocycles. The Morgan fingerprint density at radius 1 is 0.975 bits per heavy atom. The molecule has 4 aromatic rings. The minimum atomic E-state index is -0.224. The molecule has 0 aliphatic carbocycles. The minimum Gasteiger partial charge on any atom is -0.504 e. The molecule has 1 fully saturated rings. The Kier molecular flexibility index (Phi) is 8.63. The maximum absolute atomic E-state index is 13.4. The molecule has 0 spiro atoms. The zero-order chi connectivity index (χ0) is 27.7. The van der Waals surface area contributed by atoms with E-state index in [0.29, 0.717) is 40.4 Å². The third kappa shape index (κ3) is 6.81. The Bertz CT molecular complexity index is 1550. The Balaban J connectivity index is 1.35. The second-order valence-corrected chi connectivity index (χ2v) is 9.72. The zero-order valence-electron chi connectivity index (χ0n) is 21.8. The normalized spacial score (nSPS) is 15.4. The van der Waals surface area contributed by atoms with Crippen LogP contribution < -0.4 is 9.47 Å². The van der Waals surface area contributed by atoms with Crippen LogP contribution in [0.4, 0.5) is 0 Å². The molecule has 0 atom stereocenters. The van der Waals surface area contributed by atoms with E-state index in [1.165, 1.54) is 16.7 Å². The molecule has 40 heavy (non-hydrogen) atoms. The Morgan fingerprint density at radius 2 is 1.85 bits per heavy atom. The van der Waals surface area contributed by atoms with Crippen molar-refractivity contribution in [1.29, 1.82) is 0 Å². The SMILES string of the molecule is CCOc1cc(/C=C2\S/C(=N\N=C\c3cccc(OCc4ccccc4)c3)N(Cc3ccco3)C2=O)ccc1O. The number of carbonyl (C=O) groups excluding carboxylic acids is 1. The van der Waals surface area contributed by atoms with Gasteiger partial charge in [-0.25, -0.2) is 0 Å². The predicted octanol–water partition coefficient (Wildman–Crippen LogP) is 6.47. The van der Waals surface area contributed by atoms with Crippen LogP contribution in [0.5, 0.6) is 17.2 Å². The van der Waals surface area contributed by atoms with Crippen molar-refractivity contribution in [1.82, 2.24) is 4.90 Å². The molecule has 1 aromatic heterocycles. The summed E-state index contributed by atoms with van der Waals surface area (Å²) in [5.41, 5.74) is 2.61. The molecule has 5 rings (SSSR count). The van der Waals surface area contributed by atoms with Gasteiger partial charge in [0.05, 0.1) is 30.5 Å². The molecular formula is C31H27N3O5S. The van der Waals surface area contributed by atoms with Gasteiger partial charge in [0, 0.05) is 0 Å².